The van der Waals surface area contributed by atoms with Crippen molar-refractivity contribution in [3.05, 3.63) is 24.3 Å². The lowest BCUT2D eigenvalue weighted by Crippen LogP contribution is -2.04. The third-order valence-electron chi connectivity index (χ3n) is 1.35. The van der Waals surface area contributed by atoms with E-state index in [1.165, 1.54) is 13.8 Å². The van der Waals surface area contributed by atoms with Crippen molar-refractivity contribution in [1.29, 1.82) is 0 Å². The lowest BCUT2D eigenvalue weighted by atomic mass is 10.4. The Hall–Kier alpha value is -1.47. The number of nitrogens with one attached hydrogen (secondary N) is 2. The maximum absolute atomic E-state index is 10.2. The van der Waals surface area contributed by atoms with Gasteiger partial charge in [-0.3, -0.25) is 23.7 Å². The second kappa shape index (κ2) is 25.4. The maximum atomic E-state index is 10.2. The number of rotatable bonds is 6. The molecule has 0 amide bonds. The number of hydrogen-bond acceptors (Lipinski definition) is 4. The van der Waals surface area contributed by atoms with Gasteiger partial charge in [-0.15, -0.1) is 0 Å². The van der Waals surface area contributed by atoms with Gasteiger partial charge in [0.1, 0.15) is 0 Å². The van der Waals surface area contributed by atoms with Crippen LogP contribution in [-0.2, 0) is 9.59 Å². The zero-order valence-corrected chi connectivity index (χ0v) is 11.8. The van der Waals surface area contributed by atoms with Crippen molar-refractivity contribution >= 4 is 11.6 Å². The molecule has 0 bridgehead atoms. The summed E-state index contributed by atoms with van der Waals surface area (Å²) >= 11 is 0. The SMILES string of the molecule is CNCC=CC(C)=O.CNCC=CC(C)=O.F.F.F. The number of carbonyl (C=O) groups is 2. The van der Waals surface area contributed by atoms with Gasteiger partial charge >= 0.3 is 0 Å². The van der Waals surface area contributed by atoms with Crippen LogP contribution < -0.4 is 10.6 Å². The number of allylic oxidation sites excluding steroid dienone is 2. The number of hydrogen-bond donors (Lipinski definition) is 2. The summed E-state index contributed by atoms with van der Waals surface area (Å²) in [5.74, 6) is 0.195. The van der Waals surface area contributed by atoms with Crippen LogP contribution in [0.3, 0.4) is 0 Å². The molecule has 4 nitrogen and oxygen atoms in total. The third kappa shape index (κ3) is 48.0. The fourth-order valence-corrected chi connectivity index (χ4v) is 0.685. The van der Waals surface area contributed by atoms with Crippen LogP contribution in [0.25, 0.3) is 0 Å². The largest absolute Gasteiger partial charge is 0.316 e. The predicted octanol–water partition coefficient (Wildman–Crippen LogP) is 1.16. The molecule has 0 fully saturated rings. The van der Waals surface area contributed by atoms with Crippen molar-refractivity contribution in [3.63, 3.8) is 0 Å². The van der Waals surface area contributed by atoms with E-state index in [-0.39, 0.29) is 25.7 Å². The minimum atomic E-state index is 0. The summed E-state index contributed by atoms with van der Waals surface area (Å²) in [6.07, 6.45) is 6.69. The molecule has 19 heavy (non-hydrogen) atoms. The highest BCUT2D eigenvalue weighted by Crippen LogP contribution is 1.71. The minimum absolute atomic E-state index is 0. The van der Waals surface area contributed by atoms with Gasteiger partial charge in [-0.1, -0.05) is 12.2 Å². The standard InChI is InChI=1S/2C6H11NO.3FH/c2*1-6(8)4-3-5-7-2;;;/h2*3-4,7H,5H2,1-2H3;3*1H. The molecule has 0 aromatic heterocycles. The monoisotopic (exact) mass is 286 g/mol. The Labute approximate surface area is 112 Å². The summed E-state index contributed by atoms with van der Waals surface area (Å²) in [7, 11) is 3.68. The molecule has 0 aromatic rings. The molecule has 0 spiro atoms. The van der Waals surface area contributed by atoms with Crippen molar-refractivity contribution in [3.8, 4) is 0 Å². The fraction of sp³-hybridized carbons (Fsp3) is 0.500. The molecule has 0 heterocycles. The van der Waals surface area contributed by atoms with Crippen LogP contribution in [0.5, 0.6) is 0 Å². The van der Waals surface area contributed by atoms with Gasteiger partial charge in [-0.25, -0.2) is 0 Å². The van der Waals surface area contributed by atoms with Crippen LogP contribution in [0.15, 0.2) is 24.3 Å². The highest BCUT2D eigenvalue weighted by molar-refractivity contribution is 5.87. The molecular weight excluding hydrogens is 261 g/mol. The molecule has 0 atom stereocenters. The smallest absolute Gasteiger partial charge is 0.152 e. The molecular formula is C12H25F3N2O2. The van der Waals surface area contributed by atoms with E-state index in [0.29, 0.717) is 0 Å². The molecule has 0 aliphatic rings. The lowest BCUT2D eigenvalue weighted by molar-refractivity contribution is -0.113. The first kappa shape index (κ1) is 30.5. The van der Waals surface area contributed by atoms with Gasteiger partial charge < -0.3 is 10.6 Å². The summed E-state index contributed by atoms with van der Waals surface area (Å²) in [6.45, 7) is 4.59. The van der Waals surface area contributed by atoms with Gasteiger partial charge in [-0.05, 0) is 40.1 Å². The van der Waals surface area contributed by atoms with Crippen molar-refractivity contribution < 1.29 is 23.7 Å². The molecule has 0 unspecified atom stereocenters. The van der Waals surface area contributed by atoms with E-state index < -0.39 is 0 Å². The molecule has 0 radical (unpaired) electrons. The molecule has 116 valence electrons. The second-order valence-corrected chi connectivity index (χ2v) is 3.14. The third-order valence-corrected chi connectivity index (χ3v) is 1.35. The fourth-order valence-electron chi connectivity index (χ4n) is 0.685. The number of carbonyl (C=O) groups excluding carboxylic acids is 2. The molecule has 0 saturated carbocycles. The summed E-state index contributed by atoms with van der Waals surface area (Å²) < 4.78 is 0. The Balaban J connectivity index is -0.0000000594. The quantitative estimate of drug-likeness (QED) is 0.719. The van der Waals surface area contributed by atoms with E-state index in [2.05, 4.69) is 10.6 Å². The Bertz CT molecular complexity index is 231. The van der Waals surface area contributed by atoms with Gasteiger partial charge in [0.15, 0.2) is 11.6 Å². The number of halogens is 3. The number of likely N-dealkylation sites (N-methyl/N-ethyl adjacent to an activating group) is 2. The molecule has 0 aliphatic heterocycles. The van der Waals surface area contributed by atoms with Gasteiger partial charge in [0.2, 0.25) is 0 Å². The topological polar surface area (TPSA) is 58.2 Å². The molecule has 7 heteroatoms. The van der Waals surface area contributed by atoms with E-state index in [9.17, 15) is 9.59 Å². The van der Waals surface area contributed by atoms with Crippen molar-refractivity contribution in [2.45, 2.75) is 13.8 Å². The summed E-state index contributed by atoms with van der Waals surface area (Å²) in [4.78, 5) is 20.4. The Morgan fingerprint density at radius 3 is 1.21 bits per heavy atom. The predicted molar refractivity (Wildman–Crippen MR) is 75.0 cm³/mol. The van der Waals surface area contributed by atoms with Crippen LogP contribution >= 0.6 is 0 Å². The van der Waals surface area contributed by atoms with Gasteiger partial charge in [0, 0.05) is 13.1 Å². The highest BCUT2D eigenvalue weighted by Gasteiger charge is 1.78. The summed E-state index contributed by atoms with van der Waals surface area (Å²) in [5.41, 5.74) is 0. The van der Waals surface area contributed by atoms with E-state index >= 15 is 0 Å². The van der Waals surface area contributed by atoms with Crippen molar-refractivity contribution in [2.75, 3.05) is 27.2 Å². The first-order chi connectivity index (χ1) is 7.54. The summed E-state index contributed by atoms with van der Waals surface area (Å²) in [5, 5.41) is 5.77. The average molecular weight is 286 g/mol. The minimum Gasteiger partial charge on any atom is -0.316 e. The number of ketones is 2. The molecule has 0 saturated heterocycles. The van der Waals surface area contributed by atoms with E-state index in [1.807, 2.05) is 14.1 Å². The molecule has 0 rings (SSSR count). The van der Waals surface area contributed by atoms with E-state index in [4.69, 9.17) is 0 Å². The second-order valence-electron chi connectivity index (χ2n) is 3.14. The highest BCUT2D eigenvalue weighted by atomic mass is 19.0. The van der Waals surface area contributed by atoms with Gasteiger partial charge in [0.25, 0.3) is 0 Å². The summed E-state index contributed by atoms with van der Waals surface area (Å²) in [6, 6.07) is 0. The van der Waals surface area contributed by atoms with Crippen LogP contribution in [-0.4, -0.2) is 38.8 Å². The lowest BCUT2D eigenvalue weighted by Gasteiger charge is -1.83. The maximum Gasteiger partial charge on any atom is 0.152 e. The van der Waals surface area contributed by atoms with Gasteiger partial charge in [0.05, 0.1) is 0 Å². The van der Waals surface area contributed by atoms with Gasteiger partial charge in [-0.2, -0.15) is 0 Å². The Morgan fingerprint density at radius 2 is 1.05 bits per heavy atom. The zero-order chi connectivity index (χ0) is 12.8. The van der Waals surface area contributed by atoms with Crippen molar-refractivity contribution in [2.24, 2.45) is 0 Å². The average Bonchev–Trinajstić information content (AvgIpc) is 2.18. The first-order valence-corrected chi connectivity index (χ1v) is 5.18. The van der Waals surface area contributed by atoms with Crippen LogP contribution in [0.2, 0.25) is 0 Å². The molecule has 2 N–H and O–H groups in total. The van der Waals surface area contributed by atoms with Crippen molar-refractivity contribution in [1.82, 2.24) is 10.6 Å². The van der Waals surface area contributed by atoms with E-state index in [0.717, 1.165) is 13.1 Å². The Kier molecular flexibility index (Phi) is 40.8. The van der Waals surface area contributed by atoms with Crippen LogP contribution in [0.1, 0.15) is 13.8 Å². The molecule has 0 aromatic carbocycles. The first-order valence-electron chi connectivity index (χ1n) is 5.18. The normalized spacial score (nSPS) is 8.63. The van der Waals surface area contributed by atoms with Crippen LogP contribution in [0.4, 0.5) is 14.1 Å². The molecule has 0 aliphatic carbocycles. The van der Waals surface area contributed by atoms with Crippen LogP contribution in [0, 0.1) is 0 Å². The zero-order valence-electron chi connectivity index (χ0n) is 11.8. The van der Waals surface area contributed by atoms with E-state index in [1.54, 1.807) is 24.3 Å². The Morgan fingerprint density at radius 1 is 0.789 bits per heavy atom.